The van der Waals surface area contributed by atoms with Gasteiger partial charge >= 0.3 is 8.25 Å². The highest BCUT2D eigenvalue weighted by Gasteiger charge is 1.96. The first-order valence-corrected chi connectivity index (χ1v) is 7.23. The SMILES string of the molecule is O=[PH](OC=CCC(Cl)Cl)OC=CCC(Cl)Cl. The summed E-state index contributed by atoms with van der Waals surface area (Å²) in [6.45, 7) is 0. The van der Waals surface area contributed by atoms with Gasteiger partial charge < -0.3 is 9.05 Å². The number of alkyl halides is 4. The minimum absolute atomic E-state index is 0.411. The molecule has 0 rings (SSSR count). The molecule has 0 unspecified atom stereocenters. The third-order valence-electron chi connectivity index (χ3n) is 1.15. The lowest BCUT2D eigenvalue weighted by Gasteiger charge is -2.00. The third kappa shape index (κ3) is 12.5. The van der Waals surface area contributed by atoms with E-state index in [9.17, 15) is 4.57 Å². The molecular formula is C8H11Cl4O3P. The van der Waals surface area contributed by atoms with Crippen molar-refractivity contribution in [2.75, 3.05) is 0 Å². The molecule has 0 N–H and O–H groups in total. The molecule has 0 aromatic rings. The molecule has 0 aromatic heterocycles. The standard InChI is InChI=1S/C8H11Cl4O3P/c9-7(10)3-1-5-14-16(13)15-6-2-4-8(11)12/h1-2,5-8,16H,3-4H2. The fourth-order valence-corrected chi connectivity index (χ4v) is 1.43. The summed E-state index contributed by atoms with van der Waals surface area (Å²) in [4.78, 5) is -1.01. The van der Waals surface area contributed by atoms with Gasteiger partial charge in [-0.25, -0.2) is 4.57 Å². The van der Waals surface area contributed by atoms with Crippen LogP contribution in [0.5, 0.6) is 0 Å². The van der Waals surface area contributed by atoms with Crippen molar-refractivity contribution in [1.29, 1.82) is 0 Å². The van der Waals surface area contributed by atoms with Gasteiger partial charge in [0.1, 0.15) is 9.67 Å². The quantitative estimate of drug-likeness (QED) is 0.364. The largest absolute Gasteiger partial charge is 0.426 e. The topological polar surface area (TPSA) is 35.5 Å². The lowest BCUT2D eigenvalue weighted by atomic mass is 10.5. The zero-order chi connectivity index (χ0) is 12.4. The first-order valence-electron chi connectivity index (χ1n) is 4.26. The molecular weight excluding hydrogens is 317 g/mol. The Hall–Kier alpha value is 0.470. The molecule has 0 fully saturated rings. The van der Waals surface area contributed by atoms with Gasteiger partial charge in [0.15, 0.2) is 0 Å². The minimum Gasteiger partial charge on any atom is -0.426 e. The van der Waals surface area contributed by atoms with E-state index < -0.39 is 17.9 Å². The Balaban J connectivity index is 3.59. The molecule has 3 nitrogen and oxygen atoms in total. The van der Waals surface area contributed by atoms with E-state index in [1.807, 2.05) is 0 Å². The number of hydrogen-bond donors (Lipinski definition) is 0. The smallest absolute Gasteiger partial charge is 0.417 e. The molecule has 0 bridgehead atoms. The van der Waals surface area contributed by atoms with Gasteiger partial charge in [-0.2, -0.15) is 0 Å². The second-order valence-corrected chi connectivity index (χ2v) is 6.01. The van der Waals surface area contributed by atoms with E-state index in [4.69, 9.17) is 55.5 Å². The van der Waals surface area contributed by atoms with Crippen LogP contribution >= 0.6 is 54.7 Å². The summed E-state index contributed by atoms with van der Waals surface area (Å²) < 4.78 is 20.5. The van der Waals surface area contributed by atoms with Crippen LogP contribution in [0, 0.1) is 0 Å². The van der Waals surface area contributed by atoms with E-state index in [-0.39, 0.29) is 0 Å². The van der Waals surface area contributed by atoms with E-state index in [2.05, 4.69) is 0 Å². The Morgan fingerprint density at radius 2 is 1.31 bits per heavy atom. The lowest BCUT2D eigenvalue weighted by molar-refractivity contribution is 0.354. The highest BCUT2D eigenvalue weighted by Crippen LogP contribution is 2.25. The molecule has 0 atom stereocenters. The van der Waals surface area contributed by atoms with Gasteiger partial charge in [-0.15, -0.1) is 46.4 Å². The maximum absolute atomic E-state index is 11.0. The van der Waals surface area contributed by atoms with Crippen molar-refractivity contribution >= 4 is 54.7 Å². The average molecular weight is 328 g/mol. The van der Waals surface area contributed by atoms with Gasteiger partial charge in [-0.1, -0.05) is 0 Å². The van der Waals surface area contributed by atoms with Crippen molar-refractivity contribution in [2.45, 2.75) is 22.5 Å². The van der Waals surface area contributed by atoms with Gasteiger partial charge in [0, 0.05) is 0 Å². The molecule has 0 heterocycles. The van der Waals surface area contributed by atoms with Crippen LogP contribution < -0.4 is 0 Å². The first-order chi connectivity index (χ1) is 7.52. The highest BCUT2D eigenvalue weighted by atomic mass is 35.5. The zero-order valence-corrected chi connectivity index (χ0v) is 12.1. The average Bonchev–Trinajstić information content (AvgIpc) is 2.19. The van der Waals surface area contributed by atoms with Gasteiger partial charge in [0.2, 0.25) is 0 Å². The van der Waals surface area contributed by atoms with E-state index in [1.54, 1.807) is 12.2 Å². The van der Waals surface area contributed by atoms with Crippen LogP contribution in [0.25, 0.3) is 0 Å². The second-order valence-electron chi connectivity index (χ2n) is 2.48. The number of rotatable bonds is 8. The van der Waals surface area contributed by atoms with Crippen molar-refractivity contribution in [3.63, 3.8) is 0 Å². The van der Waals surface area contributed by atoms with E-state index >= 15 is 0 Å². The Labute approximate surface area is 115 Å². The van der Waals surface area contributed by atoms with Crippen LogP contribution in [-0.4, -0.2) is 9.67 Å². The molecule has 0 radical (unpaired) electrons. The molecule has 0 aliphatic rings. The fourth-order valence-electron chi connectivity index (χ4n) is 0.552. The van der Waals surface area contributed by atoms with Crippen LogP contribution in [0.2, 0.25) is 0 Å². The maximum atomic E-state index is 11.0. The van der Waals surface area contributed by atoms with Crippen LogP contribution in [0.3, 0.4) is 0 Å². The van der Waals surface area contributed by atoms with E-state index in [0.29, 0.717) is 12.8 Å². The Morgan fingerprint density at radius 1 is 0.938 bits per heavy atom. The van der Waals surface area contributed by atoms with Crippen LogP contribution in [0.4, 0.5) is 0 Å². The number of hydrogen-bond acceptors (Lipinski definition) is 3. The molecule has 0 aromatic carbocycles. The number of allylic oxidation sites excluding steroid dienone is 2. The summed E-state index contributed by atoms with van der Waals surface area (Å²) in [7, 11) is -2.58. The molecule has 16 heavy (non-hydrogen) atoms. The van der Waals surface area contributed by atoms with Crippen LogP contribution in [0.1, 0.15) is 12.8 Å². The molecule has 0 saturated carbocycles. The summed E-state index contributed by atoms with van der Waals surface area (Å²) >= 11 is 21.8. The van der Waals surface area contributed by atoms with Gasteiger partial charge in [-0.05, 0) is 25.0 Å². The predicted octanol–water partition coefficient (Wildman–Crippen LogP) is 4.82. The van der Waals surface area contributed by atoms with Crippen molar-refractivity contribution in [3.05, 3.63) is 24.7 Å². The molecule has 0 aliphatic heterocycles. The summed E-state index contributed by atoms with van der Waals surface area (Å²) in [5, 5.41) is 0. The number of halogens is 4. The third-order valence-corrected chi connectivity index (χ3v) is 2.52. The first kappa shape index (κ1) is 16.5. The van der Waals surface area contributed by atoms with Gasteiger partial charge in [0.25, 0.3) is 0 Å². The van der Waals surface area contributed by atoms with Crippen molar-refractivity contribution in [1.82, 2.24) is 0 Å². The molecule has 0 amide bonds. The van der Waals surface area contributed by atoms with Gasteiger partial charge in [-0.3, -0.25) is 0 Å². The zero-order valence-electron chi connectivity index (χ0n) is 8.11. The van der Waals surface area contributed by atoms with Crippen molar-refractivity contribution in [2.24, 2.45) is 0 Å². The Morgan fingerprint density at radius 3 is 1.62 bits per heavy atom. The molecule has 0 saturated heterocycles. The predicted molar refractivity (Wildman–Crippen MR) is 69.7 cm³/mol. The summed E-state index contributed by atoms with van der Waals surface area (Å²) in [6.07, 6.45) is 6.39. The molecule has 94 valence electrons. The van der Waals surface area contributed by atoms with E-state index in [1.165, 1.54) is 12.5 Å². The molecule has 0 spiro atoms. The lowest BCUT2D eigenvalue weighted by Crippen LogP contribution is -1.81. The molecule has 0 aliphatic carbocycles. The van der Waals surface area contributed by atoms with Crippen LogP contribution in [-0.2, 0) is 13.6 Å². The summed E-state index contributed by atoms with van der Waals surface area (Å²) in [6, 6.07) is 0. The Kier molecular flexibility index (Phi) is 10.9. The van der Waals surface area contributed by atoms with Crippen molar-refractivity contribution < 1.29 is 13.6 Å². The Bertz CT molecular complexity index is 232. The second kappa shape index (κ2) is 10.6. The summed E-state index contributed by atoms with van der Waals surface area (Å²) in [5.74, 6) is 0. The monoisotopic (exact) mass is 326 g/mol. The molecule has 8 heteroatoms. The minimum atomic E-state index is -2.58. The van der Waals surface area contributed by atoms with E-state index in [0.717, 1.165) is 0 Å². The van der Waals surface area contributed by atoms with Gasteiger partial charge in [0.05, 0.1) is 12.5 Å². The maximum Gasteiger partial charge on any atom is 0.417 e. The van der Waals surface area contributed by atoms with Crippen LogP contribution in [0.15, 0.2) is 24.7 Å². The normalized spacial score (nSPS) is 14.1. The highest BCUT2D eigenvalue weighted by molar-refractivity contribution is 7.33. The van der Waals surface area contributed by atoms with Crippen molar-refractivity contribution in [3.8, 4) is 0 Å². The fraction of sp³-hybridized carbons (Fsp3) is 0.500. The summed E-state index contributed by atoms with van der Waals surface area (Å²) in [5.41, 5.74) is 0.